The van der Waals surface area contributed by atoms with Gasteiger partial charge >= 0.3 is 5.97 Å². The van der Waals surface area contributed by atoms with Crippen LogP contribution >= 0.6 is 0 Å². The molecule has 0 saturated heterocycles. The van der Waals surface area contributed by atoms with Crippen molar-refractivity contribution in [3.63, 3.8) is 0 Å². The van der Waals surface area contributed by atoms with Crippen molar-refractivity contribution < 1.29 is 19.4 Å². The van der Waals surface area contributed by atoms with E-state index in [9.17, 15) is 9.59 Å². The molecule has 0 aliphatic heterocycles. The average molecular weight is 540 g/mol. The lowest BCUT2D eigenvalue weighted by atomic mass is 9.98. The van der Waals surface area contributed by atoms with Gasteiger partial charge in [-0.05, 0) is 91.6 Å². The van der Waals surface area contributed by atoms with Gasteiger partial charge in [-0.2, -0.15) is 0 Å². The summed E-state index contributed by atoms with van der Waals surface area (Å²) in [7, 11) is 0. The first kappa shape index (κ1) is 29.1. The van der Waals surface area contributed by atoms with Crippen LogP contribution in [0.1, 0.15) is 98.1 Å². The molecule has 1 atom stereocenters. The zero-order chi connectivity index (χ0) is 28.5. The van der Waals surface area contributed by atoms with Crippen LogP contribution in [0.2, 0.25) is 0 Å². The standard InChI is InChI=1S/C35H41NO4/c1-4-5-6-12-33(27-16-14-26(15-17-27)23-25(2)3)40-30-20-18-28(19-21-30)35(39)31-24-29(10-9-13-34(37)38)36-22-8-7-11-32(31)36/h7-8,11,14-22,24-25,33H,4-6,9-10,12-13,23H2,1-3H3,(H,37,38). The van der Waals surface area contributed by atoms with Gasteiger partial charge in [-0.15, -0.1) is 0 Å². The van der Waals surface area contributed by atoms with E-state index in [1.807, 2.05) is 59.1 Å². The van der Waals surface area contributed by atoms with E-state index in [2.05, 4.69) is 45.0 Å². The molecule has 2 aromatic carbocycles. The fourth-order valence-electron chi connectivity index (χ4n) is 5.24. The molecule has 0 radical (unpaired) electrons. The average Bonchev–Trinajstić information content (AvgIpc) is 3.31. The number of carboxylic acids is 1. The molecule has 0 spiro atoms. The van der Waals surface area contributed by atoms with E-state index < -0.39 is 5.97 Å². The lowest BCUT2D eigenvalue weighted by Crippen LogP contribution is -2.09. The minimum absolute atomic E-state index is 0.0371. The van der Waals surface area contributed by atoms with Gasteiger partial charge in [-0.25, -0.2) is 0 Å². The van der Waals surface area contributed by atoms with Crippen molar-refractivity contribution in [1.29, 1.82) is 0 Å². The number of aliphatic carboxylic acids is 1. The largest absolute Gasteiger partial charge is 0.486 e. The van der Waals surface area contributed by atoms with E-state index in [0.29, 0.717) is 29.9 Å². The minimum atomic E-state index is -0.810. The van der Waals surface area contributed by atoms with Crippen LogP contribution in [0, 0.1) is 5.92 Å². The molecule has 0 fully saturated rings. The van der Waals surface area contributed by atoms with Crippen LogP contribution in [-0.2, 0) is 17.6 Å². The summed E-state index contributed by atoms with van der Waals surface area (Å²) in [5, 5.41) is 9.01. The number of carboxylic acid groups (broad SMARTS) is 1. The third kappa shape index (κ3) is 7.62. The van der Waals surface area contributed by atoms with Crippen molar-refractivity contribution in [2.45, 2.75) is 78.2 Å². The first-order valence-electron chi connectivity index (χ1n) is 14.6. The molecular formula is C35H41NO4. The van der Waals surface area contributed by atoms with Crippen LogP contribution < -0.4 is 4.74 Å². The highest BCUT2D eigenvalue weighted by Gasteiger charge is 2.18. The maximum atomic E-state index is 13.5. The number of carbonyl (C=O) groups excluding carboxylic acids is 1. The molecule has 4 aromatic rings. The zero-order valence-corrected chi connectivity index (χ0v) is 23.9. The number of aryl methyl sites for hydroxylation is 1. The maximum Gasteiger partial charge on any atom is 0.303 e. The Morgan fingerprint density at radius 1 is 0.925 bits per heavy atom. The number of hydrogen-bond donors (Lipinski definition) is 1. The molecule has 40 heavy (non-hydrogen) atoms. The molecule has 0 amide bonds. The van der Waals surface area contributed by atoms with Crippen molar-refractivity contribution in [1.82, 2.24) is 4.40 Å². The summed E-state index contributed by atoms with van der Waals surface area (Å²) in [6.07, 6.45) is 8.55. The molecule has 2 aromatic heterocycles. The van der Waals surface area contributed by atoms with Crippen LogP contribution in [0.25, 0.3) is 5.52 Å². The van der Waals surface area contributed by atoms with Crippen LogP contribution in [0.4, 0.5) is 0 Å². The second-order valence-electron chi connectivity index (χ2n) is 11.0. The third-order valence-corrected chi connectivity index (χ3v) is 7.28. The Bertz CT molecular complexity index is 1400. The number of benzene rings is 2. The first-order valence-corrected chi connectivity index (χ1v) is 14.6. The fourth-order valence-corrected chi connectivity index (χ4v) is 5.24. The Hall–Kier alpha value is -3.86. The SMILES string of the molecule is CCCCCC(Oc1ccc(C(=O)c2cc(CCCC(=O)O)n3ccccc23)cc1)c1ccc(CC(C)C)cc1. The highest BCUT2D eigenvalue weighted by Crippen LogP contribution is 2.29. The second kappa shape index (κ2) is 14.0. The van der Waals surface area contributed by atoms with E-state index in [1.54, 1.807) is 0 Å². The third-order valence-electron chi connectivity index (χ3n) is 7.28. The molecule has 0 aliphatic carbocycles. The Labute approximate surface area is 237 Å². The van der Waals surface area contributed by atoms with E-state index in [4.69, 9.17) is 9.84 Å². The van der Waals surface area contributed by atoms with Gasteiger partial charge in [0.2, 0.25) is 0 Å². The van der Waals surface area contributed by atoms with Crippen LogP contribution in [0.3, 0.4) is 0 Å². The molecule has 210 valence electrons. The maximum absolute atomic E-state index is 13.5. The quantitative estimate of drug-likeness (QED) is 0.121. The summed E-state index contributed by atoms with van der Waals surface area (Å²) in [6.45, 7) is 6.68. The van der Waals surface area contributed by atoms with Crippen molar-refractivity contribution in [3.8, 4) is 5.75 Å². The second-order valence-corrected chi connectivity index (χ2v) is 11.0. The number of fused-ring (bicyclic) bond motifs is 1. The highest BCUT2D eigenvalue weighted by molar-refractivity contribution is 6.13. The van der Waals surface area contributed by atoms with Gasteiger partial charge in [0.1, 0.15) is 11.9 Å². The lowest BCUT2D eigenvalue weighted by molar-refractivity contribution is -0.137. The molecule has 0 saturated carbocycles. The van der Waals surface area contributed by atoms with Crippen molar-refractivity contribution in [2.24, 2.45) is 5.92 Å². The first-order chi connectivity index (χ1) is 19.4. The molecular weight excluding hydrogens is 498 g/mol. The van der Waals surface area contributed by atoms with Gasteiger partial charge < -0.3 is 14.2 Å². The fraction of sp³-hybridized carbons (Fsp3) is 0.371. The number of rotatable bonds is 15. The number of unbranched alkanes of at least 4 members (excludes halogenated alkanes) is 2. The van der Waals surface area contributed by atoms with Gasteiger partial charge in [0.15, 0.2) is 5.78 Å². The normalized spacial score (nSPS) is 12.1. The van der Waals surface area contributed by atoms with Crippen molar-refractivity contribution in [2.75, 3.05) is 0 Å². The highest BCUT2D eigenvalue weighted by atomic mass is 16.5. The molecule has 1 unspecified atom stereocenters. The van der Waals surface area contributed by atoms with Crippen LogP contribution in [0.5, 0.6) is 5.75 Å². The summed E-state index contributed by atoms with van der Waals surface area (Å²) >= 11 is 0. The van der Waals surface area contributed by atoms with E-state index in [-0.39, 0.29) is 18.3 Å². The summed E-state index contributed by atoms with van der Waals surface area (Å²) in [4.78, 5) is 24.5. The number of pyridine rings is 1. The lowest BCUT2D eigenvalue weighted by Gasteiger charge is -2.20. The summed E-state index contributed by atoms with van der Waals surface area (Å²) < 4.78 is 8.47. The van der Waals surface area contributed by atoms with Gasteiger partial charge in [-0.1, -0.05) is 63.9 Å². The summed E-state index contributed by atoms with van der Waals surface area (Å²) in [5.74, 6) is 0.507. The zero-order valence-electron chi connectivity index (χ0n) is 23.9. The Kier molecular flexibility index (Phi) is 10.2. The minimum Gasteiger partial charge on any atom is -0.486 e. The number of nitrogens with zero attached hydrogens (tertiary/aromatic N) is 1. The smallest absolute Gasteiger partial charge is 0.303 e. The van der Waals surface area contributed by atoms with Gasteiger partial charge in [-0.3, -0.25) is 9.59 Å². The van der Waals surface area contributed by atoms with Gasteiger partial charge in [0.05, 0.1) is 5.52 Å². The number of ether oxygens (including phenoxy) is 1. The summed E-state index contributed by atoms with van der Waals surface area (Å²) in [5.41, 5.74) is 5.51. The van der Waals surface area contributed by atoms with E-state index in [0.717, 1.165) is 42.6 Å². The predicted octanol–water partition coefficient (Wildman–Crippen LogP) is 8.48. The topological polar surface area (TPSA) is 68.0 Å². The van der Waals surface area contributed by atoms with E-state index >= 15 is 0 Å². The molecule has 5 nitrogen and oxygen atoms in total. The number of hydrogen-bond acceptors (Lipinski definition) is 3. The molecule has 1 N–H and O–H groups in total. The molecule has 5 heteroatoms. The van der Waals surface area contributed by atoms with Gasteiger partial charge in [0, 0.05) is 29.4 Å². The number of ketones is 1. The predicted molar refractivity (Wildman–Crippen MR) is 160 cm³/mol. The van der Waals surface area contributed by atoms with Crippen molar-refractivity contribution >= 4 is 17.3 Å². The Morgan fingerprint density at radius 2 is 1.68 bits per heavy atom. The molecule has 2 heterocycles. The number of aromatic nitrogens is 1. The molecule has 0 bridgehead atoms. The van der Waals surface area contributed by atoms with Crippen molar-refractivity contribution in [3.05, 3.63) is 107 Å². The monoisotopic (exact) mass is 539 g/mol. The van der Waals surface area contributed by atoms with E-state index in [1.165, 1.54) is 17.5 Å². The Morgan fingerprint density at radius 3 is 2.35 bits per heavy atom. The molecule has 0 aliphatic rings. The van der Waals surface area contributed by atoms with Crippen LogP contribution in [-0.4, -0.2) is 21.3 Å². The number of carbonyl (C=O) groups is 2. The summed E-state index contributed by atoms with van der Waals surface area (Å²) in [6, 6.07) is 23.9. The van der Waals surface area contributed by atoms with Crippen LogP contribution in [0.15, 0.2) is 79.0 Å². The Balaban J connectivity index is 1.51. The van der Waals surface area contributed by atoms with Gasteiger partial charge in [0.25, 0.3) is 0 Å². The molecule has 4 rings (SSSR count).